The average molecular weight is 425 g/mol. The van der Waals surface area contributed by atoms with Crippen LogP contribution < -0.4 is 9.47 Å². The number of phenols is 1. The summed E-state index contributed by atoms with van der Waals surface area (Å²) < 4.78 is 16.0. The second-order valence-electron chi connectivity index (χ2n) is 7.64. The minimum Gasteiger partial charge on any atom is -0.505 e. The number of phenolic OH excluding ortho intramolecular Hbond substituents is 1. The van der Waals surface area contributed by atoms with Crippen LogP contribution in [0.5, 0.6) is 17.2 Å². The minimum atomic E-state index is -0.137. The number of aromatic hydroxyl groups is 1. The molecule has 0 atom stereocenters. The predicted molar refractivity (Wildman–Crippen MR) is 115 cm³/mol. The van der Waals surface area contributed by atoms with Crippen LogP contribution in [0.1, 0.15) is 51.0 Å². The van der Waals surface area contributed by atoms with Crippen molar-refractivity contribution in [1.82, 2.24) is 15.0 Å². The highest BCUT2D eigenvalue weighted by molar-refractivity contribution is 5.75. The molecule has 0 saturated carbocycles. The number of nitrogens with zero attached hydrogens (tertiary/aromatic N) is 3. The van der Waals surface area contributed by atoms with Crippen molar-refractivity contribution in [3.8, 4) is 22.9 Å². The molecule has 0 amide bonds. The Morgan fingerprint density at radius 2 is 1.84 bits per heavy atom. The van der Waals surface area contributed by atoms with Crippen molar-refractivity contribution in [2.24, 2.45) is 0 Å². The first-order valence-corrected chi connectivity index (χ1v) is 10.8. The zero-order chi connectivity index (χ0) is 21.6. The van der Waals surface area contributed by atoms with Gasteiger partial charge in [-0.1, -0.05) is 38.7 Å². The van der Waals surface area contributed by atoms with Crippen LogP contribution in [-0.4, -0.2) is 39.5 Å². The standard InChI is InChI=1S/C23H27N3O5/c1-2-3-4-5-6-7-23(28)29-11-10-16-8-9-17-18(12-16)25-26(24-17)19-13-21-22(14-20(19)27)31-15-30-21/h8-9,12-14,27H,2-7,10-11,15H2,1H3. The molecule has 0 fully saturated rings. The van der Waals surface area contributed by atoms with Gasteiger partial charge in [-0.15, -0.1) is 15.0 Å². The molecule has 8 nitrogen and oxygen atoms in total. The molecule has 0 bridgehead atoms. The van der Waals surface area contributed by atoms with Gasteiger partial charge in [0.15, 0.2) is 11.5 Å². The van der Waals surface area contributed by atoms with Gasteiger partial charge in [0, 0.05) is 25.0 Å². The molecule has 2 heterocycles. The topological polar surface area (TPSA) is 95.7 Å². The highest BCUT2D eigenvalue weighted by Gasteiger charge is 2.19. The first kappa shape index (κ1) is 21.0. The number of fused-ring (bicyclic) bond motifs is 2. The Morgan fingerprint density at radius 1 is 1.06 bits per heavy atom. The zero-order valence-electron chi connectivity index (χ0n) is 17.7. The summed E-state index contributed by atoms with van der Waals surface area (Å²) in [5.41, 5.74) is 2.81. The molecule has 164 valence electrons. The van der Waals surface area contributed by atoms with Crippen LogP contribution in [0.3, 0.4) is 0 Å². The SMILES string of the molecule is CCCCCCCC(=O)OCCc1ccc2nn(-c3cc4c(cc3O)OCO4)nc2c1. The highest BCUT2D eigenvalue weighted by atomic mass is 16.7. The molecule has 0 unspecified atom stereocenters. The molecule has 8 heteroatoms. The Labute approximate surface area is 180 Å². The van der Waals surface area contributed by atoms with E-state index in [1.54, 1.807) is 6.07 Å². The number of carbonyl (C=O) groups is 1. The first-order valence-electron chi connectivity index (χ1n) is 10.8. The first-order chi connectivity index (χ1) is 15.1. The molecule has 0 aliphatic carbocycles. The summed E-state index contributed by atoms with van der Waals surface area (Å²) in [4.78, 5) is 13.2. The maximum absolute atomic E-state index is 11.9. The van der Waals surface area contributed by atoms with Gasteiger partial charge in [0.1, 0.15) is 22.5 Å². The van der Waals surface area contributed by atoms with Gasteiger partial charge in [-0.05, 0) is 24.1 Å². The third-order valence-electron chi connectivity index (χ3n) is 5.27. The Bertz CT molecular complexity index is 1060. The van der Waals surface area contributed by atoms with Crippen LogP contribution in [0.4, 0.5) is 0 Å². The lowest BCUT2D eigenvalue weighted by molar-refractivity contribution is -0.143. The molecule has 31 heavy (non-hydrogen) atoms. The lowest BCUT2D eigenvalue weighted by Crippen LogP contribution is -2.07. The molecule has 1 aliphatic rings. The normalized spacial score (nSPS) is 12.4. The zero-order valence-corrected chi connectivity index (χ0v) is 17.7. The summed E-state index contributed by atoms with van der Waals surface area (Å²) in [7, 11) is 0. The average Bonchev–Trinajstić information content (AvgIpc) is 3.38. The predicted octanol–water partition coefficient (Wildman–Crippen LogP) is 4.30. The Kier molecular flexibility index (Phi) is 6.54. The van der Waals surface area contributed by atoms with Crippen LogP contribution in [-0.2, 0) is 16.0 Å². The number of carbonyl (C=O) groups excluding carboxylic acids is 1. The fraction of sp³-hybridized carbons (Fsp3) is 0.435. The molecule has 1 aliphatic heterocycles. The van der Waals surface area contributed by atoms with E-state index in [1.165, 1.54) is 30.1 Å². The molecule has 1 N–H and O–H groups in total. The van der Waals surface area contributed by atoms with Gasteiger partial charge < -0.3 is 19.3 Å². The summed E-state index contributed by atoms with van der Waals surface area (Å²) in [5, 5.41) is 19.2. The fourth-order valence-corrected chi connectivity index (χ4v) is 3.53. The van der Waals surface area contributed by atoms with Crippen molar-refractivity contribution in [1.29, 1.82) is 0 Å². The van der Waals surface area contributed by atoms with Gasteiger partial charge in [0.2, 0.25) is 6.79 Å². The number of hydrogen-bond acceptors (Lipinski definition) is 7. The van der Waals surface area contributed by atoms with Crippen LogP contribution in [0.2, 0.25) is 0 Å². The maximum atomic E-state index is 11.9. The van der Waals surface area contributed by atoms with E-state index < -0.39 is 0 Å². The minimum absolute atomic E-state index is 0.00591. The fourth-order valence-electron chi connectivity index (χ4n) is 3.53. The molecular weight excluding hydrogens is 398 g/mol. The quantitative estimate of drug-likeness (QED) is 0.382. The van der Waals surface area contributed by atoms with Crippen molar-refractivity contribution in [3.63, 3.8) is 0 Å². The van der Waals surface area contributed by atoms with Crippen molar-refractivity contribution >= 4 is 17.0 Å². The van der Waals surface area contributed by atoms with Gasteiger partial charge in [-0.25, -0.2) is 0 Å². The Balaban J connectivity index is 1.35. The van der Waals surface area contributed by atoms with E-state index in [4.69, 9.17) is 14.2 Å². The van der Waals surface area contributed by atoms with E-state index in [0.717, 1.165) is 18.4 Å². The van der Waals surface area contributed by atoms with Gasteiger partial charge >= 0.3 is 5.97 Å². The second-order valence-corrected chi connectivity index (χ2v) is 7.64. The van der Waals surface area contributed by atoms with Gasteiger partial charge in [-0.2, -0.15) is 0 Å². The summed E-state index contributed by atoms with van der Waals surface area (Å²) >= 11 is 0. The van der Waals surface area contributed by atoms with Crippen LogP contribution >= 0.6 is 0 Å². The van der Waals surface area contributed by atoms with Crippen molar-refractivity contribution in [2.75, 3.05) is 13.4 Å². The van der Waals surface area contributed by atoms with Crippen molar-refractivity contribution in [2.45, 2.75) is 51.9 Å². The van der Waals surface area contributed by atoms with E-state index in [1.807, 2.05) is 18.2 Å². The van der Waals surface area contributed by atoms with Crippen molar-refractivity contribution in [3.05, 3.63) is 35.9 Å². The van der Waals surface area contributed by atoms with Crippen LogP contribution in [0, 0.1) is 0 Å². The van der Waals surface area contributed by atoms with E-state index in [9.17, 15) is 9.90 Å². The van der Waals surface area contributed by atoms with Gasteiger partial charge in [0.25, 0.3) is 0 Å². The van der Waals surface area contributed by atoms with E-state index in [-0.39, 0.29) is 18.5 Å². The maximum Gasteiger partial charge on any atom is 0.305 e. The Hall–Kier alpha value is -3.29. The van der Waals surface area contributed by atoms with E-state index in [2.05, 4.69) is 17.1 Å². The lowest BCUT2D eigenvalue weighted by atomic mass is 10.1. The Morgan fingerprint density at radius 3 is 2.68 bits per heavy atom. The van der Waals surface area contributed by atoms with Crippen LogP contribution in [0.25, 0.3) is 16.7 Å². The molecule has 0 spiro atoms. The molecule has 3 aromatic rings. The van der Waals surface area contributed by atoms with Gasteiger partial charge in [0.05, 0.1) is 6.61 Å². The number of hydrogen-bond donors (Lipinski definition) is 1. The van der Waals surface area contributed by atoms with Gasteiger partial charge in [-0.3, -0.25) is 4.79 Å². The monoisotopic (exact) mass is 425 g/mol. The number of rotatable bonds is 10. The van der Waals surface area contributed by atoms with Crippen LogP contribution in [0.15, 0.2) is 30.3 Å². The molecule has 0 radical (unpaired) electrons. The lowest BCUT2D eigenvalue weighted by Gasteiger charge is -2.05. The number of unbranched alkanes of at least 4 members (excludes halogenated alkanes) is 4. The molecule has 0 saturated heterocycles. The molecule has 4 rings (SSSR count). The molecule has 1 aromatic heterocycles. The number of ether oxygens (including phenoxy) is 3. The molecule has 2 aromatic carbocycles. The van der Waals surface area contributed by atoms with E-state index in [0.29, 0.717) is 47.7 Å². The third kappa shape index (κ3) is 5.07. The largest absolute Gasteiger partial charge is 0.505 e. The molecular formula is C23H27N3O5. The second kappa shape index (κ2) is 9.68. The third-order valence-corrected chi connectivity index (χ3v) is 5.27. The highest BCUT2D eigenvalue weighted by Crippen LogP contribution is 2.39. The smallest absolute Gasteiger partial charge is 0.305 e. The number of benzene rings is 2. The summed E-state index contributed by atoms with van der Waals surface area (Å²) in [6.45, 7) is 2.64. The summed E-state index contributed by atoms with van der Waals surface area (Å²) in [5.74, 6) is 0.908. The summed E-state index contributed by atoms with van der Waals surface area (Å²) in [6, 6.07) is 8.88. The van der Waals surface area contributed by atoms with E-state index >= 15 is 0 Å². The van der Waals surface area contributed by atoms with Crippen molar-refractivity contribution < 1.29 is 24.1 Å². The number of aromatic nitrogens is 3. The summed E-state index contributed by atoms with van der Waals surface area (Å²) in [6.07, 6.45) is 6.65. The number of esters is 1.